The number of amides is 1. The SMILES string of the molecule is COc1ccc(S(=O)(=O)N(Cc2ccccc2)C(C)(C)C(=O)NO)cc1. The molecule has 140 valence electrons. The van der Waals surface area contributed by atoms with Crippen molar-refractivity contribution in [3.8, 4) is 5.75 Å². The van der Waals surface area contributed by atoms with Gasteiger partial charge in [-0.1, -0.05) is 30.3 Å². The highest BCUT2D eigenvalue weighted by atomic mass is 32.2. The van der Waals surface area contributed by atoms with Crippen LogP contribution in [0.2, 0.25) is 0 Å². The zero-order valence-electron chi connectivity index (χ0n) is 14.8. The molecule has 2 aromatic carbocycles. The quantitative estimate of drug-likeness (QED) is 0.569. The van der Waals surface area contributed by atoms with Crippen LogP contribution in [0.15, 0.2) is 59.5 Å². The second kappa shape index (κ2) is 7.86. The van der Waals surface area contributed by atoms with Crippen LogP contribution in [0.1, 0.15) is 19.4 Å². The summed E-state index contributed by atoms with van der Waals surface area (Å²) in [5.74, 6) is -0.309. The van der Waals surface area contributed by atoms with Gasteiger partial charge in [0.1, 0.15) is 11.3 Å². The molecule has 0 saturated carbocycles. The summed E-state index contributed by atoms with van der Waals surface area (Å²) in [7, 11) is -2.55. The number of ether oxygens (including phenoxy) is 1. The first-order chi connectivity index (χ1) is 12.2. The van der Waals surface area contributed by atoms with Crippen molar-refractivity contribution in [2.75, 3.05) is 7.11 Å². The van der Waals surface area contributed by atoms with Gasteiger partial charge in [0.2, 0.25) is 10.0 Å². The maximum atomic E-state index is 13.2. The third-order valence-electron chi connectivity index (χ3n) is 4.10. The number of methoxy groups -OCH3 is 1. The Bertz CT molecular complexity index is 849. The normalized spacial score (nSPS) is 12.0. The molecule has 0 aliphatic carbocycles. The van der Waals surface area contributed by atoms with Crippen LogP contribution in [0.4, 0.5) is 0 Å². The maximum absolute atomic E-state index is 13.2. The van der Waals surface area contributed by atoms with Crippen LogP contribution in [0.5, 0.6) is 5.75 Å². The molecule has 0 bridgehead atoms. The van der Waals surface area contributed by atoms with Crippen LogP contribution in [0.3, 0.4) is 0 Å². The zero-order chi connectivity index (χ0) is 19.4. The van der Waals surface area contributed by atoms with E-state index in [2.05, 4.69) is 0 Å². The molecule has 0 spiro atoms. The molecule has 2 N–H and O–H groups in total. The Morgan fingerprint density at radius 1 is 1.12 bits per heavy atom. The second-order valence-electron chi connectivity index (χ2n) is 6.17. The molecule has 0 aliphatic heterocycles. The van der Waals surface area contributed by atoms with E-state index in [1.54, 1.807) is 29.7 Å². The van der Waals surface area contributed by atoms with Crippen molar-refractivity contribution in [3.63, 3.8) is 0 Å². The highest BCUT2D eigenvalue weighted by Gasteiger charge is 2.42. The summed E-state index contributed by atoms with van der Waals surface area (Å²) in [5.41, 5.74) is 0.735. The Hall–Kier alpha value is -2.42. The van der Waals surface area contributed by atoms with Crippen molar-refractivity contribution in [1.82, 2.24) is 9.79 Å². The molecule has 0 atom stereocenters. The lowest BCUT2D eigenvalue weighted by molar-refractivity contribution is -0.137. The van der Waals surface area contributed by atoms with Crippen LogP contribution in [0.25, 0.3) is 0 Å². The van der Waals surface area contributed by atoms with Crippen molar-refractivity contribution in [2.45, 2.75) is 30.8 Å². The van der Waals surface area contributed by atoms with Crippen molar-refractivity contribution in [1.29, 1.82) is 0 Å². The van der Waals surface area contributed by atoms with Gasteiger partial charge in [0.05, 0.1) is 12.0 Å². The standard InChI is InChI=1S/C18H22N2O5S/c1-18(2,17(21)19-22)20(13-14-7-5-4-6-8-14)26(23,24)16-11-9-15(25-3)10-12-16/h4-12,22H,13H2,1-3H3,(H,19,21). The van der Waals surface area contributed by atoms with E-state index in [1.165, 1.54) is 45.2 Å². The summed E-state index contributed by atoms with van der Waals surface area (Å²) in [6, 6.07) is 14.8. The number of hydrogen-bond acceptors (Lipinski definition) is 5. The van der Waals surface area contributed by atoms with Crippen molar-refractivity contribution < 1.29 is 23.2 Å². The topological polar surface area (TPSA) is 95.9 Å². The van der Waals surface area contributed by atoms with Gasteiger partial charge in [-0.2, -0.15) is 4.31 Å². The van der Waals surface area contributed by atoms with Crippen molar-refractivity contribution >= 4 is 15.9 Å². The van der Waals surface area contributed by atoms with Gasteiger partial charge in [0.15, 0.2) is 0 Å². The van der Waals surface area contributed by atoms with Gasteiger partial charge in [-0.15, -0.1) is 0 Å². The molecule has 0 aliphatic rings. The van der Waals surface area contributed by atoms with Gasteiger partial charge in [-0.05, 0) is 43.7 Å². The lowest BCUT2D eigenvalue weighted by Gasteiger charge is -2.35. The van der Waals surface area contributed by atoms with E-state index in [1.807, 2.05) is 6.07 Å². The molecule has 2 rings (SSSR count). The van der Waals surface area contributed by atoms with E-state index in [0.29, 0.717) is 11.3 Å². The van der Waals surface area contributed by atoms with E-state index >= 15 is 0 Å². The first kappa shape index (κ1) is 19.9. The Kier molecular flexibility index (Phi) is 6.01. The lowest BCUT2D eigenvalue weighted by atomic mass is 10.0. The fourth-order valence-corrected chi connectivity index (χ4v) is 4.19. The summed E-state index contributed by atoms with van der Waals surface area (Å²) in [6.45, 7) is 2.83. The van der Waals surface area contributed by atoms with E-state index in [4.69, 9.17) is 9.94 Å². The van der Waals surface area contributed by atoms with Gasteiger partial charge in [-0.25, -0.2) is 13.9 Å². The minimum absolute atomic E-state index is 0.0213. The minimum atomic E-state index is -4.03. The minimum Gasteiger partial charge on any atom is -0.497 e. The fraction of sp³-hybridized carbons (Fsp3) is 0.278. The first-order valence-corrected chi connectivity index (χ1v) is 9.33. The molecule has 0 unspecified atom stereocenters. The summed E-state index contributed by atoms with van der Waals surface area (Å²) in [4.78, 5) is 12.2. The summed E-state index contributed by atoms with van der Waals surface area (Å²) >= 11 is 0. The predicted molar refractivity (Wildman–Crippen MR) is 96.2 cm³/mol. The van der Waals surface area contributed by atoms with Crippen LogP contribution in [-0.2, 0) is 21.4 Å². The summed E-state index contributed by atoms with van der Waals surface area (Å²) < 4.78 is 32.6. The van der Waals surface area contributed by atoms with Crippen LogP contribution < -0.4 is 10.2 Å². The van der Waals surface area contributed by atoms with E-state index < -0.39 is 21.5 Å². The van der Waals surface area contributed by atoms with Gasteiger partial charge >= 0.3 is 0 Å². The van der Waals surface area contributed by atoms with E-state index in [0.717, 1.165) is 4.31 Å². The molecule has 0 heterocycles. The number of carbonyl (C=O) groups is 1. The largest absolute Gasteiger partial charge is 0.497 e. The van der Waals surface area contributed by atoms with Gasteiger partial charge in [-0.3, -0.25) is 10.0 Å². The Balaban J connectivity index is 2.52. The number of rotatable bonds is 7. The molecule has 8 heteroatoms. The molecule has 26 heavy (non-hydrogen) atoms. The number of nitrogens with one attached hydrogen (secondary N) is 1. The van der Waals surface area contributed by atoms with Crippen LogP contribution >= 0.6 is 0 Å². The molecule has 0 fully saturated rings. The van der Waals surface area contributed by atoms with Crippen molar-refractivity contribution in [2.24, 2.45) is 0 Å². The maximum Gasteiger partial charge on any atom is 0.264 e. The first-order valence-electron chi connectivity index (χ1n) is 7.89. The Morgan fingerprint density at radius 2 is 1.69 bits per heavy atom. The number of nitrogens with zero attached hydrogens (tertiary/aromatic N) is 1. The highest BCUT2D eigenvalue weighted by molar-refractivity contribution is 7.89. The number of carbonyl (C=O) groups excluding carboxylic acids is 1. The predicted octanol–water partition coefficient (Wildman–Crippen LogP) is 2.17. The molecule has 7 nitrogen and oxygen atoms in total. The van der Waals surface area contributed by atoms with Crippen molar-refractivity contribution in [3.05, 3.63) is 60.2 Å². The molecule has 0 saturated heterocycles. The molecule has 0 radical (unpaired) electrons. The molecule has 0 aromatic heterocycles. The molecular weight excluding hydrogens is 356 g/mol. The fourth-order valence-electron chi connectivity index (χ4n) is 2.46. The molecule has 2 aromatic rings. The summed E-state index contributed by atoms with van der Waals surface area (Å²) in [6.07, 6.45) is 0. The van der Waals surface area contributed by atoms with Gasteiger partial charge in [0, 0.05) is 6.54 Å². The van der Waals surface area contributed by atoms with Crippen LogP contribution in [0, 0.1) is 0 Å². The highest BCUT2D eigenvalue weighted by Crippen LogP contribution is 2.28. The zero-order valence-corrected chi connectivity index (χ0v) is 15.7. The van der Waals surface area contributed by atoms with E-state index in [-0.39, 0.29) is 11.4 Å². The molecular formula is C18H22N2O5S. The number of hydroxylamine groups is 1. The van der Waals surface area contributed by atoms with E-state index in [9.17, 15) is 13.2 Å². The number of hydrogen-bond donors (Lipinski definition) is 2. The number of sulfonamides is 1. The van der Waals surface area contributed by atoms with Gasteiger partial charge < -0.3 is 4.74 Å². The molecule has 1 amide bonds. The Morgan fingerprint density at radius 3 is 2.19 bits per heavy atom. The van der Waals surface area contributed by atoms with Crippen LogP contribution in [-0.4, -0.2) is 36.5 Å². The second-order valence-corrected chi connectivity index (χ2v) is 8.04. The monoisotopic (exact) mass is 378 g/mol. The lowest BCUT2D eigenvalue weighted by Crippen LogP contribution is -2.56. The average molecular weight is 378 g/mol. The number of benzene rings is 2. The van der Waals surface area contributed by atoms with Gasteiger partial charge in [0.25, 0.3) is 5.91 Å². The third-order valence-corrected chi connectivity index (χ3v) is 6.13. The summed E-state index contributed by atoms with van der Waals surface area (Å²) in [5, 5.41) is 9.05. The Labute approximate surface area is 153 Å². The average Bonchev–Trinajstić information content (AvgIpc) is 2.65. The smallest absolute Gasteiger partial charge is 0.264 e. The third kappa shape index (κ3) is 4.04.